The number of nitrogens with one attached hydrogen (secondary N) is 2. The number of hydrogen-bond donors (Lipinski definition) is 2. The van der Waals surface area contributed by atoms with Gasteiger partial charge >= 0.3 is 0 Å². The number of rotatable bonds is 5. The molecule has 0 atom stereocenters. The predicted molar refractivity (Wildman–Crippen MR) is 86.7 cm³/mol. The van der Waals surface area contributed by atoms with Crippen molar-refractivity contribution in [3.8, 4) is 0 Å². The minimum absolute atomic E-state index is 0.00160. The Balaban J connectivity index is 2.27. The number of halogens is 1. The van der Waals surface area contributed by atoms with E-state index in [1.54, 1.807) is 18.3 Å². The van der Waals surface area contributed by atoms with Crippen molar-refractivity contribution in [3.63, 3.8) is 0 Å². The second kappa shape index (κ2) is 6.55. The summed E-state index contributed by atoms with van der Waals surface area (Å²) >= 11 is 3.33. The van der Waals surface area contributed by atoms with E-state index in [0.29, 0.717) is 12.2 Å². The van der Waals surface area contributed by atoms with Crippen molar-refractivity contribution in [2.45, 2.75) is 18.5 Å². The largest absolute Gasteiger partial charge is 0.316 e. The highest BCUT2D eigenvalue weighted by Crippen LogP contribution is 2.23. The van der Waals surface area contributed by atoms with Gasteiger partial charge in [0.05, 0.1) is 5.69 Å². The van der Waals surface area contributed by atoms with Crippen LogP contribution in [0.5, 0.6) is 0 Å². The molecule has 2 aromatic rings. The van der Waals surface area contributed by atoms with Crippen LogP contribution in [-0.2, 0) is 16.6 Å². The Labute approximate surface area is 133 Å². The fraction of sp³-hybridized carbons (Fsp3) is 0.214. The monoisotopic (exact) mass is 369 g/mol. The lowest BCUT2D eigenvalue weighted by Gasteiger charge is -2.10. The lowest BCUT2D eigenvalue weighted by Crippen LogP contribution is -2.15. The highest BCUT2D eigenvalue weighted by atomic mass is 79.9. The van der Waals surface area contributed by atoms with Crippen LogP contribution in [0.3, 0.4) is 0 Å². The molecule has 1 aromatic heterocycles. The van der Waals surface area contributed by atoms with Gasteiger partial charge in [0.15, 0.2) is 5.03 Å². The van der Waals surface area contributed by atoms with Crippen molar-refractivity contribution < 1.29 is 8.42 Å². The SMILES string of the molecule is CNCc1ccc(S(=O)(=O)Nc2cc(Br)ccc2C)nc1. The molecule has 0 saturated carbocycles. The molecule has 0 bridgehead atoms. The van der Waals surface area contributed by atoms with E-state index in [1.807, 2.05) is 26.1 Å². The number of aryl methyl sites for hydroxylation is 1. The predicted octanol–water partition coefficient (Wildman–Crippen LogP) is 2.67. The van der Waals surface area contributed by atoms with E-state index in [-0.39, 0.29) is 5.03 Å². The zero-order valence-electron chi connectivity index (χ0n) is 11.7. The molecule has 7 heteroatoms. The first-order valence-electron chi connectivity index (χ1n) is 6.31. The maximum atomic E-state index is 12.3. The molecule has 0 aliphatic heterocycles. The normalized spacial score (nSPS) is 11.4. The Morgan fingerprint density at radius 1 is 1.24 bits per heavy atom. The maximum absolute atomic E-state index is 12.3. The first kappa shape index (κ1) is 15.9. The molecule has 0 unspecified atom stereocenters. The Morgan fingerprint density at radius 2 is 2.00 bits per heavy atom. The van der Waals surface area contributed by atoms with Crippen molar-refractivity contribution in [2.24, 2.45) is 0 Å². The van der Waals surface area contributed by atoms with Crippen LogP contribution >= 0.6 is 15.9 Å². The summed E-state index contributed by atoms with van der Waals surface area (Å²) in [6, 6.07) is 8.67. The van der Waals surface area contributed by atoms with Gasteiger partial charge in [0.1, 0.15) is 0 Å². The van der Waals surface area contributed by atoms with Crippen LogP contribution in [0.4, 0.5) is 5.69 Å². The Bertz CT molecular complexity index is 730. The minimum atomic E-state index is -3.69. The molecule has 112 valence electrons. The first-order valence-corrected chi connectivity index (χ1v) is 8.58. The van der Waals surface area contributed by atoms with Gasteiger partial charge in [-0.1, -0.05) is 28.1 Å². The van der Waals surface area contributed by atoms with Crippen LogP contribution in [0.25, 0.3) is 0 Å². The molecule has 1 heterocycles. The van der Waals surface area contributed by atoms with Gasteiger partial charge in [-0.3, -0.25) is 4.72 Å². The summed E-state index contributed by atoms with van der Waals surface area (Å²) in [5, 5.41) is 2.99. The quantitative estimate of drug-likeness (QED) is 0.849. The second-order valence-electron chi connectivity index (χ2n) is 4.60. The van der Waals surface area contributed by atoms with E-state index in [4.69, 9.17) is 0 Å². The Hall–Kier alpha value is -1.44. The van der Waals surface area contributed by atoms with E-state index >= 15 is 0 Å². The topological polar surface area (TPSA) is 71.1 Å². The molecule has 0 amide bonds. The fourth-order valence-corrected chi connectivity index (χ4v) is 3.19. The summed E-state index contributed by atoms with van der Waals surface area (Å²) in [5.41, 5.74) is 2.30. The van der Waals surface area contributed by atoms with Crippen molar-refractivity contribution in [1.29, 1.82) is 0 Å². The van der Waals surface area contributed by atoms with Crippen LogP contribution in [0.15, 0.2) is 46.0 Å². The van der Waals surface area contributed by atoms with Gasteiger partial charge in [-0.15, -0.1) is 0 Å². The number of anilines is 1. The molecule has 2 rings (SSSR count). The standard InChI is InChI=1S/C14H16BrN3O2S/c1-10-3-5-12(15)7-13(10)18-21(19,20)14-6-4-11(8-16-2)9-17-14/h3-7,9,16,18H,8H2,1-2H3. The molecule has 0 aliphatic carbocycles. The van der Waals surface area contributed by atoms with Crippen LogP contribution in [0, 0.1) is 6.92 Å². The summed E-state index contributed by atoms with van der Waals surface area (Å²) < 4.78 is 28.0. The molecule has 0 aliphatic rings. The molecule has 21 heavy (non-hydrogen) atoms. The minimum Gasteiger partial charge on any atom is -0.316 e. The number of aromatic nitrogens is 1. The van der Waals surface area contributed by atoms with Gasteiger partial charge < -0.3 is 5.32 Å². The summed E-state index contributed by atoms with van der Waals surface area (Å²) in [4.78, 5) is 4.02. The molecular weight excluding hydrogens is 354 g/mol. The number of benzene rings is 1. The number of nitrogens with zero attached hydrogens (tertiary/aromatic N) is 1. The molecule has 0 fully saturated rings. The summed E-state index contributed by atoms with van der Waals surface area (Å²) in [5.74, 6) is 0. The van der Waals surface area contributed by atoms with Crippen LogP contribution < -0.4 is 10.0 Å². The highest BCUT2D eigenvalue weighted by Gasteiger charge is 2.16. The van der Waals surface area contributed by atoms with E-state index in [0.717, 1.165) is 15.6 Å². The van der Waals surface area contributed by atoms with Crippen molar-refractivity contribution in [3.05, 3.63) is 52.1 Å². The van der Waals surface area contributed by atoms with Gasteiger partial charge in [-0.25, -0.2) is 4.98 Å². The van der Waals surface area contributed by atoms with Crippen molar-refractivity contribution in [2.75, 3.05) is 11.8 Å². The lowest BCUT2D eigenvalue weighted by atomic mass is 10.2. The molecule has 0 radical (unpaired) electrons. The smallest absolute Gasteiger partial charge is 0.279 e. The molecule has 2 N–H and O–H groups in total. The zero-order chi connectivity index (χ0) is 15.5. The third-order valence-electron chi connectivity index (χ3n) is 2.90. The van der Waals surface area contributed by atoms with E-state index in [1.165, 1.54) is 6.07 Å². The third kappa shape index (κ3) is 4.03. The van der Waals surface area contributed by atoms with Gasteiger partial charge in [0, 0.05) is 17.2 Å². The summed E-state index contributed by atoms with van der Waals surface area (Å²) in [6.45, 7) is 2.49. The number of hydrogen-bond acceptors (Lipinski definition) is 4. The highest BCUT2D eigenvalue weighted by molar-refractivity contribution is 9.10. The van der Waals surface area contributed by atoms with Crippen molar-refractivity contribution in [1.82, 2.24) is 10.3 Å². The molecule has 0 saturated heterocycles. The van der Waals surface area contributed by atoms with E-state index in [2.05, 4.69) is 31.0 Å². The molecule has 0 spiro atoms. The lowest BCUT2D eigenvalue weighted by molar-refractivity contribution is 0.597. The van der Waals surface area contributed by atoms with Crippen LogP contribution in [0.2, 0.25) is 0 Å². The zero-order valence-corrected chi connectivity index (χ0v) is 14.1. The average molecular weight is 370 g/mol. The van der Waals surface area contributed by atoms with E-state index in [9.17, 15) is 8.42 Å². The van der Waals surface area contributed by atoms with Crippen molar-refractivity contribution >= 4 is 31.6 Å². The van der Waals surface area contributed by atoms with Gasteiger partial charge in [-0.2, -0.15) is 8.42 Å². The Morgan fingerprint density at radius 3 is 2.62 bits per heavy atom. The maximum Gasteiger partial charge on any atom is 0.279 e. The number of pyridine rings is 1. The summed E-state index contributed by atoms with van der Waals surface area (Å²) in [7, 11) is -1.86. The molecule has 5 nitrogen and oxygen atoms in total. The van der Waals surface area contributed by atoms with Gasteiger partial charge in [-0.05, 0) is 43.3 Å². The first-order chi connectivity index (χ1) is 9.92. The second-order valence-corrected chi connectivity index (χ2v) is 7.14. The third-order valence-corrected chi connectivity index (χ3v) is 4.67. The van der Waals surface area contributed by atoms with Gasteiger partial charge in [0.25, 0.3) is 10.0 Å². The van der Waals surface area contributed by atoms with Crippen LogP contribution in [-0.4, -0.2) is 20.4 Å². The molecule has 1 aromatic carbocycles. The van der Waals surface area contributed by atoms with E-state index < -0.39 is 10.0 Å². The number of sulfonamides is 1. The Kier molecular flexibility index (Phi) is 4.97. The fourth-order valence-electron chi connectivity index (χ4n) is 1.78. The summed E-state index contributed by atoms with van der Waals surface area (Å²) in [6.07, 6.45) is 1.55. The van der Waals surface area contributed by atoms with Crippen LogP contribution in [0.1, 0.15) is 11.1 Å². The average Bonchev–Trinajstić information content (AvgIpc) is 2.44. The van der Waals surface area contributed by atoms with Gasteiger partial charge in [0.2, 0.25) is 0 Å². The molecular formula is C14H16BrN3O2S.